The number of aromatic nitrogens is 3. The van der Waals surface area contributed by atoms with Crippen LogP contribution in [-0.4, -0.2) is 14.5 Å². The molecule has 2 aromatic rings. The molecule has 0 unspecified atom stereocenters. The molecule has 0 amide bonds. The lowest BCUT2D eigenvalue weighted by Gasteiger charge is -2.08. The van der Waals surface area contributed by atoms with E-state index in [4.69, 9.17) is 11.0 Å². The standard InChI is InChI=1S/C11H11N5/c1-8(13)9-2-3-14-10(6-9)16-5-4-15-11(16)7-12/h2-6,8H,13H2,1H3/t8-/m0/s1. The lowest BCUT2D eigenvalue weighted by molar-refractivity contribution is 0.809. The highest BCUT2D eigenvalue weighted by Gasteiger charge is 2.07. The van der Waals surface area contributed by atoms with E-state index in [9.17, 15) is 0 Å². The highest BCUT2D eigenvalue weighted by Crippen LogP contribution is 2.13. The Bertz CT molecular complexity index is 535. The summed E-state index contributed by atoms with van der Waals surface area (Å²) in [5.74, 6) is 0.971. The maximum absolute atomic E-state index is 8.86. The molecule has 0 saturated heterocycles. The topological polar surface area (TPSA) is 80.5 Å². The van der Waals surface area contributed by atoms with E-state index in [1.54, 1.807) is 23.2 Å². The average molecular weight is 213 g/mol. The summed E-state index contributed by atoms with van der Waals surface area (Å²) < 4.78 is 1.63. The Kier molecular flexibility index (Phi) is 2.66. The fourth-order valence-electron chi connectivity index (χ4n) is 1.42. The zero-order valence-electron chi connectivity index (χ0n) is 8.83. The van der Waals surface area contributed by atoms with E-state index >= 15 is 0 Å². The van der Waals surface area contributed by atoms with Gasteiger partial charge in [0.25, 0.3) is 0 Å². The van der Waals surface area contributed by atoms with Crippen molar-refractivity contribution in [1.82, 2.24) is 14.5 Å². The van der Waals surface area contributed by atoms with E-state index < -0.39 is 0 Å². The number of nitrogens with zero attached hydrogens (tertiary/aromatic N) is 4. The molecule has 2 N–H and O–H groups in total. The van der Waals surface area contributed by atoms with Crippen molar-refractivity contribution in [3.63, 3.8) is 0 Å². The molecule has 0 radical (unpaired) electrons. The zero-order valence-corrected chi connectivity index (χ0v) is 8.83. The first-order chi connectivity index (χ1) is 7.72. The second-order valence-electron chi connectivity index (χ2n) is 3.47. The molecule has 0 aliphatic heterocycles. The largest absolute Gasteiger partial charge is 0.324 e. The first-order valence-corrected chi connectivity index (χ1v) is 4.87. The maximum atomic E-state index is 8.86. The van der Waals surface area contributed by atoms with Gasteiger partial charge in [-0.1, -0.05) is 0 Å². The molecule has 0 spiro atoms. The van der Waals surface area contributed by atoms with Gasteiger partial charge in [-0.3, -0.25) is 4.57 Å². The van der Waals surface area contributed by atoms with Crippen molar-refractivity contribution in [1.29, 1.82) is 5.26 Å². The van der Waals surface area contributed by atoms with Gasteiger partial charge in [0.05, 0.1) is 0 Å². The summed E-state index contributed by atoms with van der Waals surface area (Å²) in [7, 11) is 0. The normalized spacial score (nSPS) is 12.1. The summed E-state index contributed by atoms with van der Waals surface area (Å²) in [6.07, 6.45) is 4.94. The number of rotatable bonds is 2. The Morgan fingerprint density at radius 2 is 2.25 bits per heavy atom. The molecule has 2 rings (SSSR count). The third-order valence-corrected chi connectivity index (χ3v) is 2.28. The van der Waals surface area contributed by atoms with Crippen LogP contribution < -0.4 is 5.73 Å². The van der Waals surface area contributed by atoms with E-state index in [1.807, 2.05) is 25.1 Å². The number of imidazole rings is 1. The van der Waals surface area contributed by atoms with Crippen molar-refractivity contribution in [2.45, 2.75) is 13.0 Å². The van der Waals surface area contributed by atoms with Crippen molar-refractivity contribution < 1.29 is 0 Å². The minimum atomic E-state index is -0.0594. The SMILES string of the molecule is C[C@H](N)c1ccnc(-n2ccnc2C#N)c1. The molecule has 5 heteroatoms. The number of hydrogen-bond donors (Lipinski definition) is 1. The molecule has 2 heterocycles. The van der Waals surface area contributed by atoms with Crippen molar-refractivity contribution in [3.05, 3.63) is 42.1 Å². The van der Waals surface area contributed by atoms with Crippen LogP contribution in [0.1, 0.15) is 24.4 Å². The summed E-state index contributed by atoms with van der Waals surface area (Å²) in [6.45, 7) is 1.90. The van der Waals surface area contributed by atoms with Gasteiger partial charge >= 0.3 is 0 Å². The van der Waals surface area contributed by atoms with Crippen LogP contribution in [0, 0.1) is 11.3 Å². The van der Waals surface area contributed by atoms with E-state index in [0.29, 0.717) is 11.6 Å². The van der Waals surface area contributed by atoms with Crippen molar-refractivity contribution in [3.8, 4) is 11.9 Å². The Labute approximate surface area is 93.2 Å². The summed E-state index contributed by atoms with van der Waals surface area (Å²) in [6, 6.07) is 5.66. The van der Waals surface area contributed by atoms with Crippen molar-refractivity contribution >= 4 is 0 Å². The lowest BCUT2D eigenvalue weighted by atomic mass is 10.1. The minimum Gasteiger partial charge on any atom is -0.324 e. The van der Waals surface area contributed by atoms with Gasteiger partial charge in [-0.2, -0.15) is 5.26 Å². The summed E-state index contributed by atoms with van der Waals surface area (Å²) in [4.78, 5) is 8.11. The van der Waals surface area contributed by atoms with Gasteiger partial charge in [-0.15, -0.1) is 0 Å². The van der Waals surface area contributed by atoms with Crippen LogP contribution in [0.4, 0.5) is 0 Å². The smallest absolute Gasteiger partial charge is 0.218 e. The molecule has 0 bridgehead atoms. The fraction of sp³-hybridized carbons (Fsp3) is 0.182. The second kappa shape index (κ2) is 4.13. The van der Waals surface area contributed by atoms with Crippen LogP contribution in [0.3, 0.4) is 0 Å². The summed E-state index contributed by atoms with van der Waals surface area (Å²) in [5.41, 5.74) is 6.76. The molecule has 5 nitrogen and oxygen atoms in total. The first kappa shape index (κ1) is 10.3. The molecule has 80 valence electrons. The molecule has 1 atom stereocenters. The number of pyridine rings is 1. The monoisotopic (exact) mass is 213 g/mol. The minimum absolute atomic E-state index is 0.0594. The van der Waals surface area contributed by atoms with Crippen LogP contribution in [-0.2, 0) is 0 Å². The second-order valence-corrected chi connectivity index (χ2v) is 3.47. The van der Waals surface area contributed by atoms with Crippen LogP contribution in [0.2, 0.25) is 0 Å². The maximum Gasteiger partial charge on any atom is 0.218 e. The molecular weight excluding hydrogens is 202 g/mol. The number of nitrogens with two attached hydrogens (primary N) is 1. The lowest BCUT2D eigenvalue weighted by Crippen LogP contribution is -2.07. The quantitative estimate of drug-likeness (QED) is 0.811. The molecule has 0 aromatic carbocycles. The molecular formula is C11H11N5. The van der Waals surface area contributed by atoms with Crippen LogP contribution in [0.25, 0.3) is 5.82 Å². The van der Waals surface area contributed by atoms with E-state index in [1.165, 1.54) is 0 Å². The fourth-order valence-corrected chi connectivity index (χ4v) is 1.42. The third kappa shape index (κ3) is 1.78. The van der Waals surface area contributed by atoms with E-state index in [0.717, 1.165) is 5.56 Å². The van der Waals surface area contributed by atoms with Crippen molar-refractivity contribution in [2.75, 3.05) is 0 Å². The van der Waals surface area contributed by atoms with Gasteiger partial charge in [0.1, 0.15) is 11.9 Å². The van der Waals surface area contributed by atoms with Crippen LogP contribution in [0.15, 0.2) is 30.7 Å². The Hall–Kier alpha value is -2.19. The van der Waals surface area contributed by atoms with Gasteiger partial charge in [-0.25, -0.2) is 9.97 Å². The van der Waals surface area contributed by atoms with E-state index in [-0.39, 0.29) is 6.04 Å². The highest BCUT2D eigenvalue weighted by atomic mass is 15.1. The molecule has 0 saturated carbocycles. The number of nitriles is 1. The van der Waals surface area contributed by atoms with E-state index in [2.05, 4.69) is 9.97 Å². The molecule has 0 aliphatic carbocycles. The van der Waals surface area contributed by atoms with Crippen molar-refractivity contribution in [2.24, 2.45) is 5.73 Å². The van der Waals surface area contributed by atoms with Crippen LogP contribution >= 0.6 is 0 Å². The Morgan fingerprint density at radius 3 is 2.94 bits per heavy atom. The van der Waals surface area contributed by atoms with Gasteiger partial charge in [0.2, 0.25) is 5.82 Å². The zero-order chi connectivity index (χ0) is 11.5. The molecule has 2 aromatic heterocycles. The molecule has 16 heavy (non-hydrogen) atoms. The third-order valence-electron chi connectivity index (χ3n) is 2.28. The molecule has 0 fully saturated rings. The summed E-state index contributed by atoms with van der Waals surface area (Å²) in [5, 5.41) is 8.86. The first-order valence-electron chi connectivity index (χ1n) is 4.87. The predicted molar refractivity (Wildman–Crippen MR) is 58.7 cm³/mol. The van der Waals surface area contributed by atoms with Crippen LogP contribution in [0.5, 0.6) is 0 Å². The number of hydrogen-bond acceptors (Lipinski definition) is 4. The van der Waals surface area contributed by atoms with Gasteiger partial charge < -0.3 is 5.73 Å². The van der Waals surface area contributed by atoms with Gasteiger partial charge in [0, 0.05) is 24.6 Å². The van der Waals surface area contributed by atoms with Gasteiger partial charge in [0.15, 0.2) is 0 Å². The highest BCUT2D eigenvalue weighted by molar-refractivity contribution is 5.33. The Morgan fingerprint density at radius 1 is 1.44 bits per heavy atom. The predicted octanol–water partition coefficient (Wildman–Crippen LogP) is 1.16. The van der Waals surface area contributed by atoms with Gasteiger partial charge in [-0.05, 0) is 24.6 Å². The average Bonchev–Trinajstić information content (AvgIpc) is 2.77. The molecule has 0 aliphatic rings. The summed E-state index contributed by atoms with van der Waals surface area (Å²) >= 11 is 0. The Balaban J connectivity index is 2.49.